The van der Waals surface area contributed by atoms with Crippen LogP contribution in [0, 0.1) is 23.2 Å². The topological polar surface area (TPSA) is 61.1 Å². The molecular weight excluding hydrogens is 168 g/mol. The van der Waals surface area contributed by atoms with Gasteiger partial charge in [-0.1, -0.05) is 0 Å². The van der Waals surface area contributed by atoms with E-state index in [2.05, 4.69) is 0 Å². The summed E-state index contributed by atoms with van der Waals surface area (Å²) in [5.41, 5.74) is 0. The van der Waals surface area contributed by atoms with E-state index in [9.17, 15) is 13.6 Å². The molecule has 0 heterocycles. The fourth-order valence-electron chi connectivity index (χ4n) is 1.34. The van der Waals surface area contributed by atoms with Gasteiger partial charge >= 0.3 is 5.97 Å². The number of aliphatic carboxylic acids is 1. The molecule has 2 unspecified atom stereocenters. The molecule has 0 saturated heterocycles. The van der Waals surface area contributed by atoms with Gasteiger partial charge in [-0.3, -0.25) is 4.79 Å². The normalized spacial score (nSPS) is 31.8. The van der Waals surface area contributed by atoms with E-state index in [-0.39, 0.29) is 0 Å². The molecule has 0 aromatic heterocycles. The zero-order valence-corrected chi connectivity index (χ0v) is 6.13. The molecule has 3 nitrogen and oxygen atoms in total. The summed E-state index contributed by atoms with van der Waals surface area (Å²) in [6, 6.07) is 1.67. The van der Waals surface area contributed by atoms with Crippen molar-refractivity contribution in [1.29, 1.82) is 5.26 Å². The summed E-state index contributed by atoms with van der Waals surface area (Å²) in [4.78, 5) is 10.1. The highest BCUT2D eigenvalue weighted by Gasteiger charge is 2.56. The molecule has 0 spiro atoms. The van der Waals surface area contributed by atoms with Crippen LogP contribution in [0.4, 0.5) is 8.78 Å². The Morgan fingerprint density at radius 3 is 2.67 bits per heavy atom. The lowest BCUT2D eigenvalue weighted by Gasteiger charge is -2.39. The summed E-state index contributed by atoms with van der Waals surface area (Å²) in [5.74, 6) is -6.32. The van der Waals surface area contributed by atoms with E-state index in [0.29, 0.717) is 0 Å². The zero-order valence-electron chi connectivity index (χ0n) is 6.13. The molecule has 12 heavy (non-hydrogen) atoms. The molecule has 1 N–H and O–H groups in total. The molecule has 1 rings (SSSR count). The molecule has 0 radical (unpaired) electrons. The van der Waals surface area contributed by atoms with Crippen molar-refractivity contribution in [1.82, 2.24) is 0 Å². The number of nitriles is 1. The van der Waals surface area contributed by atoms with Gasteiger partial charge in [0.15, 0.2) is 0 Å². The molecule has 1 fully saturated rings. The highest BCUT2D eigenvalue weighted by Crippen LogP contribution is 2.49. The van der Waals surface area contributed by atoms with Crippen molar-refractivity contribution in [2.75, 3.05) is 0 Å². The first-order valence-corrected chi connectivity index (χ1v) is 3.46. The summed E-state index contributed by atoms with van der Waals surface area (Å²) in [5, 5.41) is 16.6. The van der Waals surface area contributed by atoms with Crippen molar-refractivity contribution < 1.29 is 18.7 Å². The third kappa shape index (κ3) is 1.37. The van der Waals surface area contributed by atoms with Gasteiger partial charge in [0.25, 0.3) is 5.92 Å². The number of carboxylic acid groups (broad SMARTS) is 1. The van der Waals surface area contributed by atoms with E-state index < -0.39 is 36.6 Å². The highest BCUT2D eigenvalue weighted by atomic mass is 19.3. The summed E-state index contributed by atoms with van der Waals surface area (Å²) in [6.45, 7) is 0. The van der Waals surface area contributed by atoms with E-state index in [0.717, 1.165) is 0 Å². The molecular formula is C7H7F2NO2. The van der Waals surface area contributed by atoms with Crippen LogP contribution < -0.4 is 0 Å². The summed E-state index contributed by atoms with van der Waals surface area (Å²) in [7, 11) is 0. The average molecular weight is 175 g/mol. The van der Waals surface area contributed by atoms with Gasteiger partial charge in [-0.15, -0.1) is 0 Å². The quantitative estimate of drug-likeness (QED) is 0.687. The number of carboxylic acids is 1. The van der Waals surface area contributed by atoms with Crippen LogP contribution in [0.1, 0.15) is 12.8 Å². The van der Waals surface area contributed by atoms with E-state index in [1.165, 1.54) is 0 Å². The Labute approximate surface area is 67.6 Å². The van der Waals surface area contributed by atoms with Gasteiger partial charge in [-0.2, -0.15) is 5.26 Å². The Morgan fingerprint density at radius 2 is 2.33 bits per heavy atom. The van der Waals surface area contributed by atoms with Gasteiger partial charge in [-0.05, 0) is 0 Å². The predicted molar refractivity (Wildman–Crippen MR) is 34.4 cm³/mol. The summed E-state index contributed by atoms with van der Waals surface area (Å²) in [6.07, 6.45) is -1.12. The minimum Gasteiger partial charge on any atom is -0.481 e. The smallest absolute Gasteiger partial charge is 0.303 e. The second-order valence-corrected chi connectivity index (χ2v) is 2.91. The minimum absolute atomic E-state index is 0.499. The third-order valence-corrected chi connectivity index (χ3v) is 2.08. The number of nitrogens with zero attached hydrogens (tertiary/aromatic N) is 1. The number of carbonyl (C=O) groups is 1. The fraction of sp³-hybridized carbons (Fsp3) is 0.714. The molecule has 1 aliphatic carbocycles. The van der Waals surface area contributed by atoms with Crippen molar-refractivity contribution in [2.45, 2.75) is 18.8 Å². The second-order valence-electron chi connectivity index (χ2n) is 2.91. The third-order valence-electron chi connectivity index (χ3n) is 2.08. The maximum atomic E-state index is 12.6. The second kappa shape index (κ2) is 2.70. The molecule has 2 atom stereocenters. The summed E-state index contributed by atoms with van der Waals surface area (Å²) < 4.78 is 25.2. The first-order chi connectivity index (χ1) is 5.47. The van der Waals surface area contributed by atoms with Crippen LogP contribution in [0.25, 0.3) is 0 Å². The van der Waals surface area contributed by atoms with E-state index in [4.69, 9.17) is 10.4 Å². The van der Waals surface area contributed by atoms with Gasteiger partial charge < -0.3 is 5.11 Å². The number of hydrogen-bond donors (Lipinski definition) is 1. The standard InChI is InChI=1S/C7H7F2NO2/c8-7(9)2-4(3-10)5(7)1-6(11)12/h4-5H,1-2H2,(H,11,12). The Hall–Kier alpha value is -1.18. The maximum absolute atomic E-state index is 12.6. The molecule has 0 bridgehead atoms. The molecule has 5 heteroatoms. The highest BCUT2D eigenvalue weighted by molar-refractivity contribution is 5.67. The van der Waals surface area contributed by atoms with E-state index >= 15 is 0 Å². The van der Waals surface area contributed by atoms with Gasteiger partial charge in [0.2, 0.25) is 0 Å². The first kappa shape index (κ1) is 8.91. The van der Waals surface area contributed by atoms with Crippen LogP contribution in [-0.4, -0.2) is 17.0 Å². The monoisotopic (exact) mass is 175 g/mol. The molecule has 0 aromatic carbocycles. The van der Waals surface area contributed by atoms with Crippen LogP contribution in [0.3, 0.4) is 0 Å². The van der Waals surface area contributed by atoms with E-state index in [1.54, 1.807) is 6.07 Å². The lowest BCUT2D eigenvalue weighted by atomic mass is 9.69. The predicted octanol–water partition coefficient (Wildman–Crippen LogP) is 1.26. The van der Waals surface area contributed by atoms with Crippen LogP contribution in [-0.2, 0) is 4.79 Å². The first-order valence-electron chi connectivity index (χ1n) is 3.46. The largest absolute Gasteiger partial charge is 0.481 e. The lowest BCUT2D eigenvalue weighted by molar-refractivity contribution is -0.172. The van der Waals surface area contributed by atoms with E-state index in [1.807, 2.05) is 0 Å². The number of alkyl halides is 2. The molecule has 66 valence electrons. The summed E-state index contributed by atoms with van der Waals surface area (Å²) >= 11 is 0. The Bertz CT molecular complexity index is 246. The maximum Gasteiger partial charge on any atom is 0.303 e. The van der Waals surface area contributed by atoms with Crippen LogP contribution >= 0.6 is 0 Å². The van der Waals surface area contributed by atoms with Gasteiger partial charge in [-0.25, -0.2) is 8.78 Å². The van der Waals surface area contributed by atoms with Crippen molar-refractivity contribution in [2.24, 2.45) is 11.8 Å². The number of rotatable bonds is 2. The Kier molecular flexibility index (Phi) is 2.01. The molecule has 0 aromatic rings. The molecule has 0 amide bonds. The molecule has 1 saturated carbocycles. The SMILES string of the molecule is N#CC1CC(F)(F)C1CC(=O)O. The molecule has 1 aliphatic rings. The fourth-order valence-corrected chi connectivity index (χ4v) is 1.34. The van der Waals surface area contributed by atoms with Crippen LogP contribution in [0.5, 0.6) is 0 Å². The van der Waals surface area contributed by atoms with Gasteiger partial charge in [0, 0.05) is 12.3 Å². The van der Waals surface area contributed by atoms with Crippen LogP contribution in [0.15, 0.2) is 0 Å². The lowest BCUT2D eigenvalue weighted by Crippen LogP contribution is -2.47. The Morgan fingerprint density at radius 1 is 1.75 bits per heavy atom. The molecule has 0 aliphatic heterocycles. The van der Waals surface area contributed by atoms with Gasteiger partial charge in [0.05, 0.1) is 18.4 Å². The number of halogens is 2. The van der Waals surface area contributed by atoms with Crippen LogP contribution in [0.2, 0.25) is 0 Å². The Balaban J connectivity index is 2.60. The van der Waals surface area contributed by atoms with Crippen molar-refractivity contribution in [3.05, 3.63) is 0 Å². The average Bonchev–Trinajstić information content (AvgIpc) is 1.96. The number of hydrogen-bond acceptors (Lipinski definition) is 2. The zero-order chi connectivity index (χ0) is 9.35. The van der Waals surface area contributed by atoms with Crippen molar-refractivity contribution in [3.63, 3.8) is 0 Å². The van der Waals surface area contributed by atoms with Crippen molar-refractivity contribution in [3.8, 4) is 6.07 Å². The van der Waals surface area contributed by atoms with Gasteiger partial charge in [0.1, 0.15) is 0 Å². The van der Waals surface area contributed by atoms with Crippen molar-refractivity contribution >= 4 is 5.97 Å². The minimum atomic E-state index is -2.96.